The highest BCUT2D eigenvalue weighted by molar-refractivity contribution is 5.90. The number of carbonyl (C=O) groups is 1. The third-order valence-electron chi connectivity index (χ3n) is 7.26. The molecule has 2 aliphatic heterocycles. The first-order valence-corrected chi connectivity index (χ1v) is 13.2. The van der Waals surface area contributed by atoms with Gasteiger partial charge in [0.25, 0.3) is 0 Å². The van der Waals surface area contributed by atoms with Crippen LogP contribution < -0.4 is 9.64 Å². The van der Waals surface area contributed by atoms with Gasteiger partial charge < -0.3 is 9.47 Å². The quantitative estimate of drug-likeness (QED) is 0.451. The molecule has 1 spiro atoms. The summed E-state index contributed by atoms with van der Waals surface area (Å²) in [6, 6.07) is 17.9. The lowest BCUT2D eigenvalue weighted by Gasteiger charge is -2.25. The van der Waals surface area contributed by atoms with Gasteiger partial charge in [0.15, 0.2) is 0 Å². The maximum Gasteiger partial charge on any atom is 0.415 e. The summed E-state index contributed by atoms with van der Waals surface area (Å²) in [5.41, 5.74) is 3.68. The molecule has 1 amide bonds. The maximum atomic E-state index is 12.7. The Balaban J connectivity index is 0.00000112. The number of aromatic nitrogens is 2. The third kappa shape index (κ3) is 6.56. The van der Waals surface area contributed by atoms with E-state index in [2.05, 4.69) is 48.7 Å². The zero-order chi connectivity index (χ0) is 28.0. The van der Waals surface area contributed by atoms with Crippen molar-refractivity contribution in [2.24, 2.45) is 0 Å². The minimum absolute atomic E-state index is 0.110. The van der Waals surface area contributed by atoms with Gasteiger partial charge in [0.05, 0.1) is 24.9 Å². The van der Waals surface area contributed by atoms with Crippen molar-refractivity contribution in [2.45, 2.75) is 57.7 Å². The number of methoxy groups -OCH3 is 1. The maximum absolute atomic E-state index is 12.7. The lowest BCUT2D eigenvalue weighted by atomic mass is 9.95. The van der Waals surface area contributed by atoms with Crippen LogP contribution in [0, 0.1) is 0 Å². The Labute approximate surface area is 229 Å². The molecule has 2 aliphatic rings. The Hall–Kier alpha value is -3.94. The number of carbonyl (C=O) groups excluding carboxylic acids is 3. The van der Waals surface area contributed by atoms with E-state index in [0.29, 0.717) is 6.54 Å². The second kappa shape index (κ2) is 11.8. The van der Waals surface area contributed by atoms with Crippen LogP contribution in [0.25, 0.3) is 11.3 Å². The second-order valence-corrected chi connectivity index (χ2v) is 11.0. The molecule has 2 aromatic carbocycles. The largest absolute Gasteiger partial charge is 0.497 e. The van der Waals surface area contributed by atoms with Crippen LogP contribution in [-0.4, -0.2) is 59.3 Å². The highest BCUT2D eigenvalue weighted by Crippen LogP contribution is 2.36. The van der Waals surface area contributed by atoms with E-state index in [0.717, 1.165) is 61.6 Å². The Morgan fingerprint density at radius 2 is 1.72 bits per heavy atom. The number of amides is 1. The fourth-order valence-corrected chi connectivity index (χ4v) is 5.17. The number of ether oxygens (including phenoxy) is 2. The Morgan fingerprint density at radius 3 is 2.36 bits per heavy atom. The van der Waals surface area contributed by atoms with Crippen LogP contribution in [0.5, 0.6) is 5.75 Å². The van der Waals surface area contributed by atoms with E-state index < -0.39 is 5.60 Å². The van der Waals surface area contributed by atoms with Gasteiger partial charge in [-0.2, -0.15) is 14.7 Å². The minimum Gasteiger partial charge on any atom is -0.497 e. The number of hydrogen-bond acceptors (Lipinski definition) is 7. The van der Waals surface area contributed by atoms with E-state index in [4.69, 9.17) is 24.2 Å². The molecule has 0 radical (unpaired) electrons. The minimum atomic E-state index is -0.421. The van der Waals surface area contributed by atoms with Gasteiger partial charge in [0.2, 0.25) is 0 Å². The first-order chi connectivity index (χ1) is 18.7. The fourth-order valence-electron chi connectivity index (χ4n) is 5.17. The van der Waals surface area contributed by atoms with E-state index in [9.17, 15) is 4.79 Å². The van der Waals surface area contributed by atoms with Gasteiger partial charge >= 0.3 is 12.2 Å². The van der Waals surface area contributed by atoms with E-state index in [1.165, 1.54) is 5.56 Å². The number of benzene rings is 2. The molecule has 1 atom stereocenters. The molecule has 3 heterocycles. The third-order valence-corrected chi connectivity index (χ3v) is 7.26. The predicted octanol–water partition coefficient (Wildman–Crippen LogP) is 5.11. The van der Waals surface area contributed by atoms with Gasteiger partial charge in [0.1, 0.15) is 11.4 Å². The molecular formula is C30H36N4O5. The van der Waals surface area contributed by atoms with E-state index >= 15 is 0 Å². The van der Waals surface area contributed by atoms with Crippen molar-refractivity contribution in [2.75, 3.05) is 31.6 Å². The molecule has 0 N–H and O–H groups in total. The Bertz CT molecular complexity index is 1290. The molecule has 9 nitrogen and oxygen atoms in total. The SMILES string of the molecule is COc1ccc(-c2nn(C(C)(C)C)cc2CN2CCCC3(CC2)CN(c2ccccc2)C(=O)O3)cc1.O=C=O. The van der Waals surface area contributed by atoms with Crippen molar-refractivity contribution in [1.82, 2.24) is 14.7 Å². The molecule has 3 aromatic rings. The lowest BCUT2D eigenvalue weighted by Crippen LogP contribution is -2.36. The molecule has 1 unspecified atom stereocenters. The summed E-state index contributed by atoms with van der Waals surface area (Å²) in [5.74, 6) is 0.837. The normalized spacial score (nSPS) is 19.6. The predicted molar refractivity (Wildman–Crippen MR) is 146 cm³/mol. The summed E-state index contributed by atoms with van der Waals surface area (Å²) in [6.07, 6.45) is 4.90. The average Bonchev–Trinajstić information content (AvgIpc) is 3.43. The number of para-hydroxylation sites is 1. The van der Waals surface area contributed by atoms with E-state index in [1.807, 2.05) is 42.5 Å². The molecule has 0 bridgehead atoms. The molecule has 206 valence electrons. The van der Waals surface area contributed by atoms with E-state index in [-0.39, 0.29) is 17.8 Å². The zero-order valence-electron chi connectivity index (χ0n) is 23.1. The molecule has 2 saturated heterocycles. The highest BCUT2D eigenvalue weighted by Gasteiger charge is 2.46. The first-order valence-electron chi connectivity index (χ1n) is 13.2. The molecular weight excluding hydrogens is 496 g/mol. The van der Waals surface area contributed by atoms with Crippen molar-refractivity contribution in [3.05, 3.63) is 66.4 Å². The fraction of sp³-hybridized carbons (Fsp3) is 0.433. The summed E-state index contributed by atoms with van der Waals surface area (Å²) in [7, 11) is 1.68. The van der Waals surface area contributed by atoms with E-state index in [1.54, 1.807) is 12.0 Å². The number of likely N-dealkylation sites (tertiary alicyclic amines) is 1. The van der Waals surface area contributed by atoms with Crippen LogP contribution in [0.3, 0.4) is 0 Å². The van der Waals surface area contributed by atoms with Gasteiger partial charge in [-0.15, -0.1) is 0 Å². The Kier molecular flexibility index (Phi) is 8.53. The average molecular weight is 533 g/mol. The van der Waals surface area contributed by atoms with Crippen molar-refractivity contribution < 1.29 is 23.9 Å². The van der Waals surface area contributed by atoms with Crippen molar-refractivity contribution >= 4 is 17.9 Å². The first kappa shape index (κ1) is 28.1. The number of nitrogens with zero attached hydrogens (tertiary/aromatic N) is 4. The van der Waals surface area contributed by atoms with Gasteiger partial charge in [-0.05, 0) is 76.6 Å². The lowest BCUT2D eigenvalue weighted by molar-refractivity contribution is -0.191. The summed E-state index contributed by atoms with van der Waals surface area (Å²) in [5, 5.41) is 4.99. The monoisotopic (exact) mass is 532 g/mol. The summed E-state index contributed by atoms with van der Waals surface area (Å²) in [4.78, 5) is 33.3. The number of rotatable bonds is 5. The van der Waals surface area contributed by atoms with Gasteiger partial charge in [-0.3, -0.25) is 14.5 Å². The molecule has 0 saturated carbocycles. The van der Waals surface area contributed by atoms with Gasteiger partial charge in [-0.1, -0.05) is 18.2 Å². The molecule has 39 heavy (non-hydrogen) atoms. The second-order valence-electron chi connectivity index (χ2n) is 11.0. The molecule has 9 heteroatoms. The zero-order valence-corrected chi connectivity index (χ0v) is 23.1. The topological polar surface area (TPSA) is 94.0 Å². The van der Waals surface area contributed by atoms with Crippen LogP contribution in [0.1, 0.15) is 45.6 Å². The number of hydrogen-bond donors (Lipinski definition) is 0. The molecule has 5 rings (SSSR count). The molecule has 0 aliphatic carbocycles. The van der Waals surface area contributed by atoms with Crippen LogP contribution in [-0.2, 0) is 26.4 Å². The Morgan fingerprint density at radius 1 is 1.03 bits per heavy atom. The number of anilines is 1. The van der Waals surface area contributed by atoms with Crippen LogP contribution in [0.15, 0.2) is 60.8 Å². The molecule has 1 aromatic heterocycles. The van der Waals surface area contributed by atoms with Gasteiger partial charge in [0, 0.05) is 42.5 Å². The van der Waals surface area contributed by atoms with Crippen molar-refractivity contribution in [3.8, 4) is 17.0 Å². The summed E-state index contributed by atoms with van der Waals surface area (Å²) in [6.45, 7) is 9.78. The van der Waals surface area contributed by atoms with Gasteiger partial charge in [-0.25, -0.2) is 4.79 Å². The van der Waals surface area contributed by atoms with Crippen molar-refractivity contribution in [3.63, 3.8) is 0 Å². The summed E-state index contributed by atoms with van der Waals surface area (Å²) < 4.78 is 13.4. The van der Waals surface area contributed by atoms with Crippen LogP contribution in [0.4, 0.5) is 10.5 Å². The van der Waals surface area contributed by atoms with Crippen LogP contribution in [0.2, 0.25) is 0 Å². The summed E-state index contributed by atoms with van der Waals surface area (Å²) >= 11 is 0. The standard InChI is InChI=1S/C29H36N4O3.CO2/c1-28(2,3)33-20-23(26(30-33)22-11-13-25(35-4)14-12-22)19-31-17-8-15-29(16-18-31)21-32(27(34)36-29)24-9-6-5-7-10-24;2-1-3/h5-7,9-14,20H,8,15-19,21H2,1-4H3;. The smallest absolute Gasteiger partial charge is 0.415 e. The highest BCUT2D eigenvalue weighted by atomic mass is 16.6. The molecule has 2 fully saturated rings. The van der Waals surface area contributed by atoms with Crippen molar-refractivity contribution in [1.29, 1.82) is 0 Å². The van der Waals surface area contributed by atoms with Crippen LogP contribution >= 0.6 is 0 Å².